The van der Waals surface area contributed by atoms with Crippen LogP contribution >= 0.6 is 11.6 Å². The van der Waals surface area contributed by atoms with E-state index in [9.17, 15) is 15.0 Å². The van der Waals surface area contributed by atoms with Gasteiger partial charge in [0, 0.05) is 5.56 Å². The van der Waals surface area contributed by atoms with Gasteiger partial charge in [-0.05, 0) is 30.3 Å². The number of halogens is 1. The maximum absolute atomic E-state index is 11.4. The summed E-state index contributed by atoms with van der Waals surface area (Å²) in [6.45, 7) is 0. The third-order valence-corrected chi connectivity index (χ3v) is 3.43. The summed E-state index contributed by atoms with van der Waals surface area (Å²) >= 11 is 6.18. The van der Waals surface area contributed by atoms with Gasteiger partial charge in [-0.25, -0.2) is 9.48 Å². The van der Waals surface area contributed by atoms with Crippen LogP contribution in [0, 0.1) is 0 Å². The van der Waals surface area contributed by atoms with E-state index in [0.717, 1.165) is 0 Å². The highest BCUT2D eigenvalue weighted by molar-refractivity contribution is 6.33. The van der Waals surface area contributed by atoms with Crippen LogP contribution in [0.4, 0.5) is 0 Å². The molecule has 0 spiro atoms. The Labute approximate surface area is 130 Å². The molecule has 1 aromatic heterocycles. The lowest BCUT2D eigenvalue weighted by Crippen LogP contribution is -2.03. The van der Waals surface area contributed by atoms with Crippen molar-refractivity contribution in [1.29, 1.82) is 0 Å². The van der Waals surface area contributed by atoms with Gasteiger partial charge >= 0.3 is 5.97 Å². The molecule has 0 aliphatic heterocycles. The van der Waals surface area contributed by atoms with Crippen LogP contribution in [0.25, 0.3) is 16.9 Å². The molecule has 0 saturated carbocycles. The number of carboxylic acid groups (broad SMARTS) is 1. The van der Waals surface area contributed by atoms with Crippen LogP contribution in [-0.2, 0) is 0 Å². The Hall–Kier alpha value is -2.86. The molecule has 3 aromatic rings. The SMILES string of the molecule is O=C(O)c1nnn(-c2ccc(O)cc2)c1-c1ccccc1Cl. The van der Waals surface area contributed by atoms with Crippen molar-refractivity contribution in [3.05, 3.63) is 59.2 Å². The van der Waals surface area contributed by atoms with Gasteiger partial charge in [0.2, 0.25) is 0 Å². The summed E-state index contributed by atoms with van der Waals surface area (Å²) < 4.78 is 1.38. The van der Waals surface area contributed by atoms with E-state index < -0.39 is 5.97 Å². The molecule has 0 saturated heterocycles. The fourth-order valence-corrected chi connectivity index (χ4v) is 2.32. The predicted molar refractivity (Wildman–Crippen MR) is 80.4 cm³/mol. The van der Waals surface area contributed by atoms with E-state index in [2.05, 4.69) is 10.3 Å². The molecule has 6 nitrogen and oxygen atoms in total. The van der Waals surface area contributed by atoms with Crippen molar-refractivity contribution in [2.75, 3.05) is 0 Å². The van der Waals surface area contributed by atoms with Crippen molar-refractivity contribution >= 4 is 17.6 Å². The van der Waals surface area contributed by atoms with E-state index in [0.29, 0.717) is 16.3 Å². The van der Waals surface area contributed by atoms with Gasteiger partial charge in [0.25, 0.3) is 0 Å². The van der Waals surface area contributed by atoms with Crippen LogP contribution in [0.15, 0.2) is 48.5 Å². The van der Waals surface area contributed by atoms with E-state index in [4.69, 9.17) is 11.6 Å². The van der Waals surface area contributed by atoms with E-state index in [1.54, 1.807) is 36.4 Å². The van der Waals surface area contributed by atoms with Gasteiger partial charge in [-0.2, -0.15) is 0 Å². The van der Waals surface area contributed by atoms with Crippen LogP contribution in [0.1, 0.15) is 10.5 Å². The average molecular weight is 316 g/mol. The Kier molecular flexibility index (Phi) is 3.52. The smallest absolute Gasteiger partial charge is 0.358 e. The van der Waals surface area contributed by atoms with Crippen molar-refractivity contribution in [3.63, 3.8) is 0 Å². The van der Waals surface area contributed by atoms with Crippen LogP contribution < -0.4 is 0 Å². The zero-order valence-corrected chi connectivity index (χ0v) is 11.9. The standard InChI is InChI=1S/C15H10ClN3O3/c16-12-4-2-1-3-11(12)14-13(15(21)22)17-18-19(14)9-5-7-10(20)8-6-9/h1-8,20H,(H,21,22). The number of hydrogen-bond acceptors (Lipinski definition) is 4. The molecule has 3 rings (SSSR count). The lowest BCUT2D eigenvalue weighted by Gasteiger charge is -2.08. The lowest BCUT2D eigenvalue weighted by molar-refractivity contribution is 0.0691. The van der Waals surface area contributed by atoms with Gasteiger partial charge in [0.05, 0.1) is 10.7 Å². The molecule has 0 atom stereocenters. The minimum absolute atomic E-state index is 0.0987. The number of hydrogen-bond donors (Lipinski definition) is 2. The minimum Gasteiger partial charge on any atom is -0.508 e. The molecule has 110 valence electrons. The number of nitrogens with zero attached hydrogens (tertiary/aromatic N) is 3. The molecule has 0 unspecified atom stereocenters. The van der Waals surface area contributed by atoms with Crippen molar-refractivity contribution in [2.24, 2.45) is 0 Å². The molecule has 0 aliphatic carbocycles. The number of aromatic carboxylic acids is 1. The number of rotatable bonds is 3. The quantitative estimate of drug-likeness (QED) is 0.775. The van der Waals surface area contributed by atoms with Crippen molar-refractivity contribution in [3.8, 4) is 22.7 Å². The highest BCUT2D eigenvalue weighted by Gasteiger charge is 2.23. The van der Waals surface area contributed by atoms with Crippen molar-refractivity contribution < 1.29 is 15.0 Å². The first kappa shape index (κ1) is 14.1. The maximum Gasteiger partial charge on any atom is 0.358 e. The molecule has 0 aliphatic rings. The van der Waals surface area contributed by atoms with Gasteiger partial charge in [-0.1, -0.05) is 35.0 Å². The topological polar surface area (TPSA) is 88.2 Å². The lowest BCUT2D eigenvalue weighted by atomic mass is 10.1. The second kappa shape index (κ2) is 5.50. The normalized spacial score (nSPS) is 10.6. The van der Waals surface area contributed by atoms with Gasteiger partial charge in [0.15, 0.2) is 5.69 Å². The number of aromatic nitrogens is 3. The number of carboxylic acids is 1. The summed E-state index contributed by atoms with van der Waals surface area (Å²) in [6, 6.07) is 13.0. The molecular formula is C15H10ClN3O3. The van der Waals surface area contributed by atoms with Crippen LogP contribution in [0.5, 0.6) is 5.75 Å². The largest absolute Gasteiger partial charge is 0.508 e. The monoisotopic (exact) mass is 315 g/mol. The van der Waals surface area contributed by atoms with Gasteiger partial charge in [0.1, 0.15) is 11.4 Å². The van der Waals surface area contributed by atoms with E-state index >= 15 is 0 Å². The fraction of sp³-hybridized carbons (Fsp3) is 0. The van der Waals surface area contributed by atoms with Gasteiger partial charge in [-0.3, -0.25) is 0 Å². The van der Waals surface area contributed by atoms with Crippen molar-refractivity contribution in [1.82, 2.24) is 15.0 Å². The maximum atomic E-state index is 11.4. The Morgan fingerprint density at radius 1 is 1.09 bits per heavy atom. The Morgan fingerprint density at radius 2 is 1.77 bits per heavy atom. The summed E-state index contributed by atoms with van der Waals surface area (Å²) in [5.74, 6) is -1.10. The first-order valence-electron chi connectivity index (χ1n) is 6.31. The Bertz CT molecular complexity index is 843. The highest BCUT2D eigenvalue weighted by Crippen LogP contribution is 2.31. The molecule has 0 amide bonds. The summed E-state index contributed by atoms with van der Waals surface area (Å²) in [5, 5.41) is 26.7. The van der Waals surface area contributed by atoms with E-state index in [-0.39, 0.29) is 17.1 Å². The average Bonchev–Trinajstić information content (AvgIpc) is 2.93. The minimum atomic E-state index is -1.19. The first-order valence-corrected chi connectivity index (χ1v) is 6.69. The number of carbonyl (C=O) groups is 1. The van der Waals surface area contributed by atoms with Crippen LogP contribution in [-0.4, -0.2) is 31.2 Å². The second-order valence-corrected chi connectivity index (χ2v) is 4.91. The zero-order valence-electron chi connectivity index (χ0n) is 11.1. The van der Waals surface area contributed by atoms with Crippen molar-refractivity contribution in [2.45, 2.75) is 0 Å². The summed E-state index contributed by atoms with van der Waals surface area (Å²) in [5.41, 5.74) is 1.16. The number of phenols is 1. The molecule has 0 fully saturated rings. The molecular weight excluding hydrogens is 306 g/mol. The third-order valence-electron chi connectivity index (χ3n) is 3.10. The number of benzene rings is 2. The summed E-state index contributed by atoms with van der Waals surface area (Å²) in [4.78, 5) is 11.4. The first-order chi connectivity index (χ1) is 10.6. The number of phenolic OH excluding ortho intramolecular Hbond substituents is 1. The molecule has 2 N–H and O–H groups in total. The Balaban J connectivity index is 2.27. The Morgan fingerprint density at radius 3 is 2.41 bits per heavy atom. The molecule has 0 bridgehead atoms. The third kappa shape index (κ3) is 2.40. The molecule has 1 heterocycles. The van der Waals surface area contributed by atoms with E-state index in [1.165, 1.54) is 16.8 Å². The highest BCUT2D eigenvalue weighted by atomic mass is 35.5. The fourth-order valence-electron chi connectivity index (χ4n) is 2.10. The van der Waals surface area contributed by atoms with Crippen LogP contribution in [0.2, 0.25) is 5.02 Å². The predicted octanol–water partition coefficient (Wildman–Crippen LogP) is 2.99. The van der Waals surface area contributed by atoms with Gasteiger partial charge in [-0.15, -0.1) is 5.10 Å². The zero-order chi connectivity index (χ0) is 15.7. The van der Waals surface area contributed by atoms with Crippen LogP contribution in [0.3, 0.4) is 0 Å². The second-order valence-electron chi connectivity index (χ2n) is 4.50. The van der Waals surface area contributed by atoms with E-state index in [1.807, 2.05) is 0 Å². The number of aromatic hydroxyl groups is 1. The molecule has 2 aromatic carbocycles. The molecule has 0 radical (unpaired) electrons. The molecule has 22 heavy (non-hydrogen) atoms. The summed E-state index contributed by atoms with van der Waals surface area (Å²) in [6.07, 6.45) is 0. The summed E-state index contributed by atoms with van der Waals surface area (Å²) in [7, 11) is 0. The van der Waals surface area contributed by atoms with Gasteiger partial charge < -0.3 is 10.2 Å². The molecule has 7 heteroatoms.